The van der Waals surface area contributed by atoms with Crippen molar-refractivity contribution in [2.24, 2.45) is 0 Å². The maximum atomic E-state index is 13.8. The fourth-order valence-corrected chi connectivity index (χ4v) is 3.46. The van der Waals surface area contributed by atoms with Crippen molar-refractivity contribution in [2.75, 3.05) is 5.73 Å². The topological polar surface area (TPSA) is 85.3 Å². The van der Waals surface area contributed by atoms with Crippen molar-refractivity contribution in [1.82, 2.24) is 4.72 Å². The van der Waals surface area contributed by atoms with Gasteiger partial charge < -0.3 is 10.2 Å². The van der Waals surface area contributed by atoms with E-state index in [1.165, 1.54) is 6.07 Å². The molecule has 0 radical (unpaired) electrons. The van der Waals surface area contributed by atoms with Crippen molar-refractivity contribution in [3.63, 3.8) is 0 Å². The van der Waals surface area contributed by atoms with E-state index in [0.717, 1.165) is 12.1 Å². The van der Waals surface area contributed by atoms with Crippen LogP contribution < -0.4 is 10.5 Å². The van der Waals surface area contributed by atoms with Gasteiger partial charge in [-0.25, -0.2) is 17.5 Å². The van der Waals surface area contributed by atoms with Crippen LogP contribution in [0.2, 0.25) is 0 Å². The number of nitrogens with one attached hydrogen (secondary N) is 1. The van der Waals surface area contributed by atoms with Gasteiger partial charge in [0.2, 0.25) is 10.0 Å². The van der Waals surface area contributed by atoms with E-state index in [1.807, 2.05) is 0 Å². The Hall–Kier alpha value is -1.86. The van der Waals surface area contributed by atoms with Gasteiger partial charge in [-0.05, 0) is 45.0 Å². The molecule has 1 atom stereocenters. The molecule has 0 bridgehead atoms. The van der Waals surface area contributed by atoms with Gasteiger partial charge in [0, 0.05) is 17.3 Å². The van der Waals surface area contributed by atoms with Crippen molar-refractivity contribution in [2.45, 2.75) is 31.7 Å². The molecule has 7 heteroatoms. The van der Waals surface area contributed by atoms with Crippen LogP contribution in [0.25, 0.3) is 0 Å². The average Bonchev–Trinajstić information content (AvgIpc) is 2.67. The summed E-state index contributed by atoms with van der Waals surface area (Å²) in [7, 11) is -3.98. The standard InChI is InChI=1S/C14H17FN2O3S/c1-8-6-12(10(3)20-8)9(2)17-21(18,19)14-5-4-11(16)7-13(14)15/h4-7,9,17H,16H2,1-3H3. The second-order valence-corrected chi connectivity index (χ2v) is 6.58. The van der Waals surface area contributed by atoms with E-state index in [0.29, 0.717) is 17.1 Å². The number of nitrogen functional groups attached to an aromatic ring is 1. The minimum atomic E-state index is -3.98. The Bertz CT molecular complexity index is 769. The molecule has 5 nitrogen and oxygen atoms in total. The Morgan fingerprint density at radius 3 is 2.48 bits per heavy atom. The third-order valence-electron chi connectivity index (χ3n) is 3.12. The number of anilines is 1. The van der Waals surface area contributed by atoms with E-state index in [2.05, 4.69) is 4.72 Å². The molecular weight excluding hydrogens is 295 g/mol. The highest BCUT2D eigenvalue weighted by Gasteiger charge is 2.23. The van der Waals surface area contributed by atoms with Crippen LogP contribution in [0.1, 0.15) is 30.0 Å². The van der Waals surface area contributed by atoms with Gasteiger partial charge in [-0.2, -0.15) is 0 Å². The summed E-state index contributed by atoms with van der Waals surface area (Å²) in [6.45, 7) is 5.19. The van der Waals surface area contributed by atoms with E-state index in [4.69, 9.17) is 10.2 Å². The second-order valence-electron chi connectivity index (χ2n) is 4.90. The van der Waals surface area contributed by atoms with Crippen LogP contribution in [0, 0.1) is 19.7 Å². The molecule has 3 N–H and O–H groups in total. The highest BCUT2D eigenvalue weighted by molar-refractivity contribution is 7.89. The van der Waals surface area contributed by atoms with E-state index in [1.54, 1.807) is 26.8 Å². The number of hydrogen-bond donors (Lipinski definition) is 2. The first-order chi connectivity index (χ1) is 9.70. The minimum absolute atomic E-state index is 0.167. The van der Waals surface area contributed by atoms with Crippen LogP contribution in [0.5, 0.6) is 0 Å². The van der Waals surface area contributed by atoms with Crippen LogP contribution in [0.4, 0.5) is 10.1 Å². The van der Waals surface area contributed by atoms with Crippen molar-refractivity contribution in [3.05, 3.63) is 47.2 Å². The molecule has 21 heavy (non-hydrogen) atoms. The number of halogens is 1. The van der Waals surface area contributed by atoms with Crippen LogP contribution in [-0.4, -0.2) is 8.42 Å². The van der Waals surface area contributed by atoms with E-state index >= 15 is 0 Å². The van der Waals surface area contributed by atoms with E-state index in [9.17, 15) is 12.8 Å². The molecule has 0 amide bonds. The summed E-state index contributed by atoms with van der Waals surface area (Å²) in [5.41, 5.74) is 6.30. The first-order valence-electron chi connectivity index (χ1n) is 6.35. The third-order valence-corrected chi connectivity index (χ3v) is 4.70. The summed E-state index contributed by atoms with van der Waals surface area (Å²) in [6.07, 6.45) is 0. The van der Waals surface area contributed by atoms with Crippen LogP contribution in [0.3, 0.4) is 0 Å². The number of hydrogen-bond acceptors (Lipinski definition) is 4. The summed E-state index contributed by atoms with van der Waals surface area (Å²) < 4.78 is 46.1. The molecule has 1 aromatic heterocycles. The number of furan rings is 1. The van der Waals surface area contributed by atoms with Gasteiger partial charge >= 0.3 is 0 Å². The maximum absolute atomic E-state index is 13.8. The Morgan fingerprint density at radius 2 is 1.95 bits per heavy atom. The SMILES string of the molecule is Cc1cc(C(C)NS(=O)(=O)c2ccc(N)cc2F)c(C)o1. The highest BCUT2D eigenvalue weighted by atomic mass is 32.2. The Balaban J connectivity index is 2.31. The van der Waals surface area contributed by atoms with Crippen molar-refractivity contribution in [1.29, 1.82) is 0 Å². The zero-order valence-electron chi connectivity index (χ0n) is 12.0. The lowest BCUT2D eigenvalue weighted by atomic mass is 10.1. The lowest BCUT2D eigenvalue weighted by Crippen LogP contribution is -2.27. The van der Waals surface area contributed by atoms with Crippen molar-refractivity contribution < 1.29 is 17.2 Å². The van der Waals surface area contributed by atoms with Gasteiger partial charge in [0.05, 0.1) is 0 Å². The van der Waals surface area contributed by atoms with Gasteiger partial charge in [-0.15, -0.1) is 0 Å². The van der Waals surface area contributed by atoms with Gasteiger partial charge in [0.1, 0.15) is 22.2 Å². The lowest BCUT2D eigenvalue weighted by Gasteiger charge is -2.14. The molecule has 1 aromatic carbocycles. The summed E-state index contributed by atoms with van der Waals surface area (Å²) in [6, 6.07) is 4.68. The van der Waals surface area contributed by atoms with Gasteiger partial charge in [0.15, 0.2) is 0 Å². The monoisotopic (exact) mass is 312 g/mol. The molecule has 2 aromatic rings. The summed E-state index contributed by atoms with van der Waals surface area (Å²) >= 11 is 0. The van der Waals surface area contributed by atoms with Crippen molar-refractivity contribution in [3.8, 4) is 0 Å². The van der Waals surface area contributed by atoms with E-state index < -0.39 is 26.8 Å². The summed E-state index contributed by atoms with van der Waals surface area (Å²) in [4.78, 5) is -0.429. The average molecular weight is 312 g/mol. The fourth-order valence-electron chi connectivity index (χ4n) is 2.18. The van der Waals surface area contributed by atoms with Crippen LogP contribution in [-0.2, 0) is 10.0 Å². The summed E-state index contributed by atoms with van der Waals surface area (Å²) in [5, 5.41) is 0. The van der Waals surface area contributed by atoms with Gasteiger partial charge in [-0.1, -0.05) is 0 Å². The fraction of sp³-hybridized carbons (Fsp3) is 0.286. The predicted molar refractivity (Wildman–Crippen MR) is 77.7 cm³/mol. The number of nitrogens with two attached hydrogens (primary N) is 1. The van der Waals surface area contributed by atoms with Gasteiger partial charge in [-0.3, -0.25) is 0 Å². The Labute approximate surface area is 123 Å². The predicted octanol–water partition coefficient (Wildman–Crippen LogP) is 2.66. The molecular formula is C14H17FN2O3S. The maximum Gasteiger partial charge on any atom is 0.244 e. The molecule has 0 fully saturated rings. The molecule has 0 aliphatic carbocycles. The third kappa shape index (κ3) is 3.25. The quantitative estimate of drug-likeness (QED) is 0.850. The molecule has 1 unspecified atom stereocenters. The zero-order chi connectivity index (χ0) is 15.8. The molecule has 0 saturated heterocycles. The summed E-state index contributed by atoms with van der Waals surface area (Å²) in [5.74, 6) is 0.433. The normalized spacial score (nSPS) is 13.3. The van der Waals surface area contributed by atoms with Crippen molar-refractivity contribution >= 4 is 15.7 Å². The molecule has 0 aliphatic rings. The molecule has 2 rings (SSSR count). The number of aryl methyl sites for hydroxylation is 2. The van der Waals surface area contributed by atoms with Gasteiger partial charge in [0.25, 0.3) is 0 Å². The van der Waals surface area contributed by atoms with Crippen LogP contribution >= 0.6 is 0 Å². The minimum Gasteiger partial charge on any atom is -0.466 e. The number of rotatable bonds is 4. The zero-order valence-corrected chi connectivity index (χ0v) is 12.8. The van der Waals surface area contributed by atoms with Crippen LogP contribution in [0.15, 0.2) is 33.6 Å². The molecule has 0 aliphatic heterocycles. The highest BCUT2D eigenvalue weighted by Crippen LogP contribution is 2.24. The number of sulfonamides is 1. The molecule has 0 saturated carbocycles. The Morgan fingerprint density at radius 1 is 1.29 bits per heavy atom. The second kappa shape index (κ2) is 5.50. The largest absolute Gasteiger partial charge is 0.466 e. The molecule has 0 spiro atoms. The Kier molecular flexibility index (Phi) is 4.06. The molecule has 1 heterocycles. The van der Waals surface area contributed by atoms with E-state index in [-0.39, 0.29) is 5.69 Å². The first kappa shape index (κ1) is 15.5. The smallest absolute Gasteiger partial charge is 0.244 e. The lowest BCUT2D eigenvalue weighted by molar-refractivity contribution is 0.496. The molecule has 114 valence electrons. The number of benzene rings is 1. The first-order valence-corrected chi connectivity index (χ1v) is 7.83.